The van der Waals surface area contributed by atoms with E-state index in [1.54, 1.807) is 13.0 Å². The molecule has 0 amide bonds. The van der Waals surface area contributed by atoms with Crippen molar-refractivity contribution < 1.29 is 9.72 Å². The molecule has 0 aliphatic heterocycles. The summed E-state index contributed by atoms with van der Waals surface area (Å²) < 4.78 is 2.10. The number of fused-ring (bicyclic) bond motifs is 1. The minimum atomic E-state index is -0.673. The molecule has 3 aromatic rings. The van der Waals surface area contributed by atoms with Crippen LogP contribution in [0.4, 0.5) is 5.69 Å². The summed E-state index contributed by atoms with van der Waals surface area (Å²) in [5.41, 5.74) is -0.753. The standard InChI is InChI=1S/C21H21ClN4O5/c1-12-16(15(27)10-6-7-11-22)17(13-8-4-5-9-14(13)26(30)31)18-19(23-12)24(2)21(29)25(3)20(18)28/h4-5,8-9H,6-7,10-11H2,1-3H3. The number of Topliss-reactive ketones (excluding diaryl/α,β-unsaturated/α-hetero) is 1. The Morgan fingerprint density at radius 3 is 2.48 bits per heavy atom. The number of unbranched alkanes of at least 4 members (excludes halogenated alkanes) is 1. The van der Waals surface area contributed by atoms with Crippen molar-refractivity contribution in [1.29, 1.82) is 0 Å². The maximum atomic E-state index is 13.2. The van der Waals surface area contributed by atoms with E-state index in [4.69, 9.17) is 11.6 Å². The van der Waals surface area contributed by atoms with Gasteiger partial charge >= 0.3 is 5.69 Å². The average molecular weight is 445 g/mol. The Balaban J connectivity index is 2.53. The van der Waals surface area contributed by atoms with Gasteiger partial charge in [0.15, 0.2) is 5.78 Å². The molecule has 0 bridgehead atoms. The van der Waals surface area contributed by atoms with Crippen LogP contribution >= 0.6 is 11.6 Å². The molecule has 0 aliphatic rings. The number of pyridine rings is 1. The summed E-state index contributed by atoms with van der Waals surface area (Å²) in [6.07, 6.45) is 1.31. The Morgan fingerprint density at radius 2 is 1.84 bits per heavy atom. The number of carbonyl (C=O) groups excluding carboxylic acids is 1. The molecule has 0 aliphatic carbocycles. The van der Waals surface area contributed by atoms with Gasteiger partial charge in [0.1, 0.15) is 5.65 Å². The van der Waals surface area contributed by atoms with Crippen molar-refractivity contribution in [3.8, 4) is 11.1 Å². The number of nitro groups is 1. The highest BCUT2D eigenvalue weighted by atomic mass is 35.5. The molecule has 0 saturated heterocycles. The highest BCUT2D eigenvalue weighted by molar-refractivity contribution is 6.17. The molecule has 0 saturated carbocycles. The van der Waals surface area contributed by atoms with Crippen molar-refractivity contribution in [2.75, 3.05) is 5.88 Å². The molecule has 0 fully saturated rings. The smallest absolute Gasteiger partial charge is 0.294 e. The second kappa shape index (κ2) is 8.81. The number of nitrogens with zero attached hydrogens (tertiary/aromatic N) is 4. The van der Waals surface area contributed by atoms with Crippen molar-refractivity contribution in [3.05, 3.63) is 66.5 Å². The van der Waals surface area contributed by atoms with Crippen LogP contribution in [-0.2, 0) is 14.1 Å². The van der Waals surface area contributed by atoms with Crippen molar-refractivity contribution in [2.24, 2.45) is 14.1 Å². The van der Waals surface area contributed by atoms with Crippen LogP contribution < -0.4 is 11.2 Å². The van der Waals surface area contributed by atoms with Gasteiger partial charge in [0.2, 0.25) is 0 Å². The van der Waals surface area contributed by atoms with Gasteiger partial charge in [0.05, 0.1) is 21.6 Å². The number of nitro benzene ring substituents is 1. The zero-order chi connectivity index (χ0) is 22.9. The predicted molar refractivity (Wildman–Crippen MR) is 118 cm³/mol. The van der Waals surface area contributed by atoms with Crippen molar-refractivity contribution in [1.82, 2.24) is 14.1 Å². The molecule has 0 atom stereocenters. The van der Waals surface area contributed by atoms with E-state index in [2.05, 4.69) is 4.98 Å². The Hall–Kier alpha value is -3.33. The lowest BCUT2D eigenvalue weighted by Crippen LogP contribution is -2.38. The van der Waals surface area contributed by atoms with Gasteiger partial charge in [-0.3, -0.25) is 28.8 Å². The fourth-order valence-corrected chi connectivity index (χ4v) is 3.85. The number of aromatic nitrogens is 3. The van der Waals surface area contributed by atoms with Crippen LogP contribution in [-0.4, -0.2) is 30.7 Å². The number of aryl methyl sites for hydroxylation is 2. The van der Waals surface area contributed by atoms with Crippen molar-refractivity contribution >= 4 is 34.1 Å². The second-order valence-corrected chi connectivity index (χ2v) is 7.57. The zero-order valence-corrected chi connectivity index (χ0v) is 18.1. The van der Waals surface area contributed by atoms with Gasteiger partial charge in [-0.05, 0) is 25.8 Å². The summed E-state index contributed by atoms with van der Waals surface area (Å²) in [7, 11) is 2.77. The van der Waals surface area contributed by atoms with E-state index >= 15 is 0 Å². The van der Waals surface area contributed by atoms with E-state index in [0.717, 1.165) is 4.57 Å². The van der Waals surface area contributed by atoms with Gasteiger partial charge in [0.25, 0.3) is 11.2 Å². The average Bonchev–Trinajstić information content (AvgIpc) is 2.75. The molecule has 0 spiro atoms. The van der Waals surface area contributed by atoms with E-state index in [9.17, 15) is 24.5 Å². The number of hydrogen-bond donors (Lipinski definition) is 0. The molecule has 9 nitrogen and oxygen atoms in total. The van der Waals surface area contributed by atoms with Gasteiger partial charge in [-0.15, -0.1) is 11.6 Å². The summed E-state index contributed by atoms with van der Waals surface area (Å²) in [5.74, 6) is 0.114. The molecule has 10 heteroatoms. The van der Waals surface area contributed by atoms with E-state index in [-0.39, 0.29) is 45.6 Å². The quantitative estimate of drug-likeness (QED) is 0.182. The van der Waals surface area contributed by atoms with E-state index in [0.29, 0.717) is 24.4 Å². The van der Waals surface area contributed by atoms with E-state index in [1.807, 2.05) is 0 Å². The number of rotatable bonds is 7. The maximum Gasteiger partial charge on any atom is 0.332 e. The fraction of sp³-hybridized carbons (Fsp3) is 0.333. The van der Waals surface area contributed by atoms with Crippen LogP contribution in [0.1, 0.15) is 35.3 Å². The van der Waals surface area contributed by atoms with Crippen LogP contribution in [0.5, 0.6) is 0 Å². The molecule has 1 aromatic carbocycles. The first kappa shape index (κ1) is 22.4. The molecule has 2 heterocycles. The summed E-state index contributed by atoms with van der Waals surface area (Å²) in [4.78, 5) is 54.3. The largest absolute Gasteiger partial charge is 0.332 e. The molecule has 0 N–H and O–H groups in total. The highest BCUT2D eigenvalue weighted by Gasteiger charge is 2.28. The highest BCUT2D eigenvalue weighted by Crippen LogP contribution is 2.37. The monoisotopic (exact) mass is 444 g/mol. The Bertz CT molecular complexity index is 1330. The van der Waals surface area contributed by atoms with Crippen LogP contribution in [0.25, 0.3) is 22.2 Å². The van der Waals surface area contributed by atoms with Gasteiger partial charge in [0, 0.05) is 43.6 Å². The number of ketones is 1. The minimum Gasteiger partial charge on any atom is -0.294 e. The van der Waals surface area contributed by atoms with E-state index < -0.39 is 16.2 Å². The Morgan fingerprint density at radius 1 is 1.16 bits per heavy atom. The number of halogens is 1. The van der Waals surface area contributed by atoms with Crippen LogP contribution in [0.3, 0.4) is 0 Å². The number of para-hydroxylation sites is 1. The number of hydrogen-bond acceptors (Lipinski definition) is 6. The molecule has 3 rings (SSSR count). The summed E-state index contributed by atoms with van der Waals surface area (Å²) in [5, 5.41) is 11.7. The van der Waals surface area contributed by atoms with E-state index in [1.165, 1.54) is 36.9 Å². The third-order valence-corrected chi connectivity index (χ3v) is 5.47. The maximum absolute atomic E-state index is 13.2. The van der Waals surface area contributed by atoms with Gasteiger partial charge in [-0.2, -0.15) is 0 Å². The minimum absolute atomic E-state index is 0.00908. The molecular formula is C21H21ClN4O5. The Kier molecular flexibility index (Phi) is 6.35. The molecule has 0 radical (unpaired) electrons. The first-order chi connectivity index (χ1) is 14.7. The Labute approximate surface area is 182 Å². The first-order valence-electron chi connectivity index (χ1n) is 9.64. The predicted octanol–water partition coefficient (Wildman–Crippen LogP) is 3.11. The fourth-order valence-electron chi connectivity index (χ4n) is 3.66. The molecule has 31 heavy (non-hydrogen) atoms. The first-order valence-corrected chi connectivity index (χ1v) is 10.2. The number of benzene rings is 1. The van der Waals surface area contributed by atoms with Crippen molar-refractivity contribution in [2.45, 2.75) is 26.2 Å². The van der Waals surface area contributed by atoms with Gasteiger partial charge in [-0.25, -0.2) is 9.78 Å². The summed E-state index contributed by atoms with van der Waals surface area (Å²) in [6.45, 7) is 1.59. The van der Waals surface area contributed by atoms with Gasteiger partial charge < -0.3 is 0 Å². The summed E-state index contributed by atoms with van der Waals surface area (Å²) >= 11 is 5.72. The molecule has 0 unspecified atom stereocenters. The lowest BCUT2D eigenvalue weighted by Gasteiger charge is -2.17. The molecule has 2 aromatic heterocycles. The van der Waals surface area contributed by atoms with Crippen molar-refractivity contribution in [3.63, 3.8) is 0 Å². The molecule has 162 valence electrons. The topological polar surface area (TPSA) is 117 Å². The third-order valence-electron chi connectivity index (χ3n) is 5.21. The van der Waals surface area contributed by atoms with Crippen LogP contribution in [0, 0.1) is 17.0 Å². The lowest BCUT2D eigenvalue weighted by molar-refractivity contribution is -0.384. The SMILES string of the molecule is Cc1nc2c(c(-c3ccccc3[N+](=O)[O-])c1C(=O)CCCCCl)c(=O)n(C)c(=O)n2C. The summed E-state index contributed by atoms with van der Waals surface area (Å²) in [6, 6.07) is 5.91. The second-order valence-electron chi connectivity index (χ2n) is 7.20. The number of alkyl halides is 1. The van der Waals surface area contributed by atoms with Crippen LogP contribution in [0.2, 0.25) is 0 Å². The zero-order valence-electron chi connectivity index (χ0n) is 17.3. The third kappa shape index (κ3) is 3.88. The lowest BCUT2D eigenvalue weighted by atomic mass is 9.91. The normalized spacial score (nSPS) is 11.1. The van der Waals surface area contributed by atoms with Gasteiger partial charge in [-0.1, -0.05) is 12.1 Å². The van der Waals surface area contributed by atoms with Crippen LogP contribution in [0.15, 0.2) is 33.9 Å². The molecular weight excluding hydrogens is 424 g/mol. The number of carbonyl (C=O) groups is 1.